The van der Waals surface area contributed by atoms with Crippen LogP contribution in [-0.4, -0.2) is 9.97 Å². The summed E-state index contributed by atoms with van der Waals surface area (Å²) in [5, 5.41) is 10.1. The van der Waals surface area contributed by atoms with Crippen molar-refractivity contribution in [1.29, 1.82) is 5.26 Å². The molecule has 0 radical (unpaired) electrons. The Labute approximate surface area is 105 Å². The molecule has 0 aliphatic carbocycles. The monoisotopic (exact) mass is 243 g/mol. The number of nitrogens with zero attached hydrogens (tertiary/aromatic N) is 3. The second-order valence-corrected chi connectivity index (χ2v) is 5.41. The second-order valence-electron chi connectivity index (χ2n) is 4.41. The number of rotatable bonds is 2. The van der Waals surface area contributed by atoms with E-state index >= 15 is 0 Å². The summed E-state index contributed by atoms with van der Waals surface area (Å²) < 4.78 is 0. The Bertz CT molecular complexity index is 564. The first-order valence-corrected chi connectivity index (χ1v) is 6.16. The summed E-state index contributed by atoms with van der Waals surface area (Å²) in [6.45, 7) is 5.79. The topological polar surface area (TPSA) is 49.6 Å². The smallest absolute Gasteiger partial charge is 0.124 e. The molecule has 2 aromatic heterocycles. The fourth-order valence-corrected chi connectivity index (χ4v) is 2.77. The molecule has 86 valence electrons. The highest BCUT2D eigenvalue weighted by atomic mass is 32.1. The van der Waals surface area contributed by atoms with Gasteiger partial charge in [-0.2, -0.15) is 5.26 Å². The third-order valence-electron chi connectivity index (χ3n) is 2.57. The number of aryl methyl sites for hydroxylation is 1. The first-order chi connectivity index (χ1) is 8.04. The number of aromatic nitrogens is 2. The summed E-state index contributed by atoms with van der Waals surface area (Å²) in [7, 11) is 0. The maximum Gasteiger partial charge on any atom is 0.124 e. The normalized spacial score (nSPS) is 11.2. The van der Waals surface area contributed by atoms with Gasteiger partial charge in [-0.05, 0) is 32.9 Å². The summed E-state index contributed by atoms with van der Waals surface area (Å²) in [4.78, 5) is 9.56. The average molecular weight is 243 g/mol. The molecule has 0 unspecified atom stereocenters. The van der Waals surface area contributed by atoms with E-state index in [0.29, 0.717) is 0 Å². The summed E-state index contributed by atoms with van der Waals surface area (Å²) >= 11 is 1.58. The van der Waals surface area contributed by atoms with E-state index in [-0.39, 0.29) is 0 Å². The van der Waals surface area contributed by atoms with E-state index in [1.807, 2.05) is 32.9 Å². The number of pyridine rings is 1. The van der Waals surface area contributed by atoms with Crippen LogP contribution in [0.2, 0.25) is 0 Å². The molecule has 2 heterocycles. The molecule has 3 nitrogen and oxygen atoms in total. The van der Waals surface area contributed by atoms with Crippen LogP contribution in [0, 0.1) is 18.3 Å². The second kappa shape index (κ2) is 4.27. The molecule has 17 heavy (non-hydrogen) atoms. The number of hydrogen-bond donors (Lipinski definition) is 0. The molecule has 0 aliphatic rings. The third-order valence-corrected chi connectivity index (χ3v) is 4.10. The fraction of sp³-hybridized carbons (Fsp3) is 0.308. The maximum absolute atomic E-state index is 9.17. The Hall–Kier alpha value is -1.73. The molecule has 2 rings (SSSR count). The molecule has 0 spiro atoms. The Morgan fingerprint density at radius 3 is 2.53 bits per heavy atom. The summed E-state index contributed by atoms with van der Waals surface area (Å²) in [5.41, 5.74) is 1.51. The molecule has 0 atom stereocenters. The van der Waals surface area contributed by atoms with Crippen LogP contribution in [0.25, 0.3) is 10.6 Å². The highest BCUT2D eigenvalue weighted by Crippen LogP contribution is 2.35. The quantitative estimate of drug-likeness (QED) is 0.813. The van der Waals surface area contributed by atoms with Crippen molar-refractivity contribution in [2.24, 2.45) is 0 Å². The Morgan fingerprint density at radius 1 is 1.29 bits per heavy atom. The highest BCUT2D eigenvalue weighted by Gasteiger charge is 2.25. The van der Waals surface area contributed by atoms with Gasteiger partial charge in [-0.1, -0.05) is 0 Å². The predicted molar refractivity (Wildman–Crippen MR) is 68.7 cm³/mol. The van der Waals surface area contributed by atoms with E-state index in [4.69, 9.17) is 0 Å². The van der Waals surface area contributed by atoms with Gasteiger partial charge >= 0.3 is 0 Å². The van der Waals surface area contributed by atoms with Gasteiger partial charge in [0.1, 0.15) is 5.01 Å². The third kappa shape index (κ3) is 2.20. The van der Waals surface area contributed by atoms with E-state index in [1.54, 1.807) is 23.7 Å². The molecule has 0 N–H and O–H groups in total. The highest BCUT2D eigenvalue weighted by molar-refractivity contribution is 7.15. The fourth-order valence-electron chi connectivity index (χ4n) is 1.65. The van der Waals surface area contributed by atoms with Crippen LogP contribution in [0.5, 0.6) is 0 Å². The lowest BCUT2D eigenvalue weighted by atomic mass is 9.93. The minimum absolute atomic E-state index is 0.479. The lowest BCUT2D eigenvalue weighted by Gasteiger charge is -2.12. The zero-order valence-corrected chi connectivity index (χ0v) is 10.9. The minimum Gasteiger partial charge on any atom is -0.265 e. The molecule has 0 bridgehead atoms. The van der Waals surface area contributed by atoms with Gasteiger partial charge in [-0.3, -0.25) is 4.98 Å². The molecule has 0 amide bonds. The Kier molecular flexibility index (Phi) is 2.95. The molecule has 2 aromatic rings. The van der Waals surface area contributed by atoms with E-state index < -0.39 is 5.41 Å². The van der Waals surface area contributed by atoms with Crippen molar-refractivity contribution >= 4 is 11.3 Å². The van der Waals surface area contributed by atoms with Crippen LogP contribution in [0.3, 0.4) is 0 Å². The largest absolute Gasteiger partial charge is 0.265 e. The van der Waals surface area contributed by atoms with Crippen molar-refractivity contribution in [1.82, 2.24) is 9.97 Å². The average Bonchev–Trinajstić information content (AvgIpc) is 2.73. The van der Waals surface area contributed by atoms with Gasteiger partial charge in [-0.15, -0.1) is 11.3 Å². The lowest BCUT2D eigenvalue weighted by Crippen LogP contribution is -2.13. The SMILES string of the molecule is Cc1nc(-c2ccncc2)sc1C(C)(C)C#N. The lowest BCUT2D eigenvalue weighted by molar-refractivity contribution is 0.695. The summed E-state index contributed by atoms with van der Waals surface area (Å²) in [6, 6.07) is 6.19. The Morgan fingerprint density at radius 2 is 1.94 bits per heavy atom. The number of thiazole rings is 1. The van der Waals surface area contributed by atoms with Crippen LogP contribution < -0.4 is 0 Å². The minimum atomic E-state index is -0.479. The molecule has 0 saturated carbocycles. The zero-order chi connectivity index (χ0) is 12.5. The predicted octanol–water partition coefficient (Wildman–Crippen LogP) is 3.31. The van der Waals surface area contributed by atoms with Crippen LogP contribution in [0.4, 0.5) is 0 Å². The first-order valence-electron chi connectivity index (χ1n) is 5.34. The molecular weight excluding hydrogens is 230 g/mol. The molecule has 0 fully saturated rings. The van der Waals surface area contributed by atoms with Gasteiger partial charge in [0.25, 0.3) is 0 Å². The van der Waals surface area contributed by atoms with Crippen molar-refractivity contribution < 1.29 is 0 Å². The first kappa shape index (κ1) is 11.7. The number of hydrogen-bond acceptors (Lipinski definition) is 4. The van der Waals surface area contributed by atoms with Gasteiger partial charge in [0.15, 0.2) is 0 Å². The van der Waals surface area contributed by atoms with Gasteiger partial charge in [0, 0.05) is 22.8 Å². The summed E-state index contributed by atoms with van der Waals surface area (Å²) in [6.07, 6.45) is 3.50. The van der Waals surface area contributed by atoms with Gasteiger partial charge in [0.2, 0.25) is 0 Å². The summed E-state index contributed by atoms with van der Waals surface area (Å²) in [5.74, 6) is 0. The number of nitriles is 1. The maximum atomic E-state index is 9.17. The van der Waals surface area contributed by atoms with Crippen molar-refractivity contribution in [2.75, 3.05) is 0 Å². The van der Waals surface area contributed by atoms with Crippen LogP contribution in [0.1, 0.15) is 24.4 Å². The van der Waals surface area contributed by atoms with Crippen LogP contribution >= 0.6 is 11.3 Å². The molecule has 0 saturated heterocycles. The zero-order valence-electron chi connectivity index (χ0n) is 10.1. The standard InChI is InChI=1S/C13H13N3S/c1-9-11(13(2,3)8-14)17-12(16-9)10-4-6-15-7-5-10/h4-7H,1-3H3. The van der Waals surface area contributed by atoms with Gasteiger partial charge < -0.3 is 0 Å². The van der Waals surface area contributed by atoms with E-state index in [0.717, 1.165) is 21.1 Å². The van der Waals surface area contributed by atoms with Crippen molar-refractivity contribution in [3.8, 4) is 16.6 Å². The van der Waals surface area contributed by atoms with Gasteiger partial charge in [0.05, 0.1) is 17.2 Å². The van der Waals surface area contributed by atoms with Crippen molar-refractivity contribution in [3.05, 3.63) is 35.1 Å². The molecule has 4 heteroatoms. The van der Waals surface area contributed by atoms with Crippen molar-refractivity contribution in [2.45, 2.75) is 26.2 Å². The van der Waals surface area contributed by atoms with E-state index in [2.05, 4.69) is 16.0 Å². The van der Waals surface area contributed by atoms with Crippen LogP contribution in [-0.2, 0) is 5.41 Å². The van der Waals surface area contributed by atoms with Gasteiger partial charge in [-0.25, -0.2) is 4.98 Å². The Balaban J connectivity index is 2.49. The molecule has 0 aliphatic heterocycles. The van der Waals surface area contributed by atoms with Crippen LogP contribution in [0.15, 0.2) is 24.5 Å². The molecular formula is C13H13N3S. The van der Waals surface area contributed by atoms with Crippen molar-refractivity contribution in [3.63, 3.8) is 0 Å². The molecule has 0 aromatic carbocycles. The van der Waals surface area contributed by atoms with E-state index in [1.165, 1.54) is 0 Å². The van der Waals surface area contributed by atoms with E-state index in [9.17, 15) is 5.26 Å².